The van der Waals surface area contributed by atoms with Gasteiger partial charge in [0.1, 0.15) is 11.2 Å². The van der Waals surface area contributed by atoms with Gasteiger partial charge in [0, 0.05) is 44.1 Å². The van der Waals surface area contributed by atoms with Crippen molar-refractivity contribution < 1.29 is 4.42 Å². The SMILES string of the molecule is c1ccc2c(c1)oc1cc3c4cccc5c6cc(-c7cc(CC8CCCC8)ccn7)ccc6n(c3cc12)c54. The van der Waals surface area contributed by atoms with Crippen molar-refractivity contribution in [1.82, 2.24) is 9.38 Å². The van der Waals surface area contributed by atoms with Gasteiger partial charge in [-0.25, -0.2) is 0 Å². The molecule has 0 amide bonds. The Labute approximate surface area is 219 Å². The van der Waals surface area contributed by atoms with Crippen LogP contribution in [-0.2, 0) is 6.42 Å². The Balaban J connectivity index is 1.27. The van der Waals surface area contributed by atoms with Crippen molar-refractivity contribution in [1.29, 1.82) is 0 Å². The van der Waals surface area contributed by atoms with Crippen LogP contribution in [0.15, 0.2) is 95.5 Å². The van der Waals surface area contributed by atoms with Crippen LogP contribution in [0, 0.1) is 5.92 Å². The largest absolute Gasteiger partial charge is 0.456 e. The number of aromatic nitrogens is 2. The summed E-state index contributed by atoms with van der Waals surface area (Å²) in [4.78, 5) is 4.79. The van der Waals surface area contributed by atoms with Crippen LogP contribution >= 0.6 is 0 Å². The lowest BCUT2D eigenvalue weighted by atomic mass is 9.97. The van der Waals surface area contributed by atoms with Crippen LogP contribution in [0.5, 0.6) is 0 Å². The molecule has 1 fully saturated rings. The molecule has 0 N–H and O–H groups in total. The molecule has 0 atom stereocenters. The zero-order chi connectivity index (χ0) is 24.8. The van der Waals surface area contributed by atoms with Crippen LogP contribution in [0.3, 0.4) is 0 Å². The molecule has 0 saturated heterocycles. The molecule has 0 bridgehead atoms. The predicted molar refractivity (Wildman–Crippen MR) is 157 cm³/mol. The van der Waals surface area contributed by atoms with Crippen LogP contribution < -0.4 is 0 Å². The van der Waals surface area contributed by atoms with Crippen LogP contribution in [0.25, 0.3) is 71.3 Å². The molecule has 182 valence electrons. The van der Waals surface area contributed by atoms with E-state index in [4.69, 9.17) is 9.40 Å². The zero-order valence-corrected chi connectivity index (χ0v) is 21.1. The fourth-order valence-corrected chi connectivity index (χ4v) is 7.16. The Hall–Kier alpha value is -4.37. The minimum atomic E-state index is 0.834. The number of fused-ring (bicyclic) bond motifs is 9. The van der Waals surface area contributed by atoms with Gasteiger partial charge in [0.05, 0.1) is 22.2 Å². The lowest BCUT2D eigenvalue weighted by Crippen LogP contribution is -1.99. The number of furan rings is 1. The van der Waals surface area contributed by atoms with E-state index in [1.54, 1.807) is 0 Å². The summed E-state index contributed by atoms with van der Waals surface area (Å²) in [5, 5.41) is 7.42. The molecule has 4 aromatic carbocycles. The van der Waals surface area contributed by atoms with E-state index in [9.17, 15) is 0 Å². The minimum absolute atomic E-state index is 0.834. The summed E-state index contributed by atoms with van der Waals surface area (Å²) in [6.07, 6.45) is 8.68. The monoisotopic (exact) mass is 490 g/mol. The molecule has 4 heterocycles. The first kappa shape index (κ1) is 20.7. The first-order chi connectivity index (χ1) is 18.8. The van der Waals surface area contributed by atoms with Crippen molar-refractivity contribution in [3.05, 3.63) is 96.7 Å². The summed E-state index contributed by atoms with van der Waals surface area (Å²) in [6.45, 7) is 0. The van der Waals surface area contributed by atoms with Crippen molar-refractivity contribution in [3.63, 3.8) is 0 Å². The topological polar surface area (TPSA) is 30.4 Å². The summed E-state index contributed by atoms with van der Waals surface area (Å²) in [5.41, 5.74) is 9.32. The summed E-state index contributed by atoms with van der Waals surface area (Å²) in [5.74, 6) is 0.834. The Bertz CT molecular complexity index is 2170. The molecule has 1 aliphatic rings. The summed E-state index contributed by atoms with van der Waals surface area (Å²) in [6, 6.07) is 30.9. The standard InChI is InChI=1S/C35H26N2O/c1-2-7-21(6-1)16-22-14-15-36-30(17-22)23-12-13-31-27(18-23)25-9-5-10-26-28-20-34-29(19-32(28)37(31)35(25)26)24-8-3-4-11-33(24)38-34/h3-5,8-15,17-21H,1-2,6-7,16H2. The van der Waals surface area contributed by atoms with Crippen molar-refractivity contribution in [2.24, 2.45) is 5.92 Å². The van der Waals surface area contributed by atoms with Crippen molar-refractivity contribution in [2.45, 2.75) is 32.1 Å². The van der Waals surface area contributed by atoms with E-state index in [-0.39, 0.29) is 0 Å². The van der Waals surface area contributed by atoms with Gasteiger partial charge in [-0.05, 0) is 60.4 Å². The lowest BCUT2D eigenvalue weighted by Gasteiger charge is -2.10. The highest BCUT2D eigenvalue weighted by Crippen LogP contribution is 2.42. The van der Waals surface area contributed by atoms with Crippen molar-refractivity contribution in [2.75, 3.05) is 0 Å². The molecule has 0 unspecified atom stereocenters. The highest BCUT2D eigenvalue weighted by atomic mass is 16.3. The molecule has 9 rings (SSSR count). The third-order valence-corrected chi connectivity index (χ3v) is 8.93. The van der Waals surface area contributed by atoms with Gasteiger partial charge < -0.3 is 8.82 Å². The van der Waals surface area contributed by atoms with Gasteiger partial charge in [-0.2, -0.15) is 0 Å². The molecule has 1 aliphatic carbocycles. The molecule has 0 aliphatic heterocycles. The number of benzene rings is 4. The second-order valence-corrected chi connectivity index (χ2v) is 11.1. The molecule has 0 spiro atoms. The van der Waals surface area contributed by atoms with Crippen LogP contribution in [0.1, 0.15) is 31.2 Å². The van der Waals surface area contributed by atoms with Crippen molar-refractivity contribution in [3.8, 4) is 11.3 Å². The summed E-state index contributed by atoms with van der Waals surface area (Å²) < 4.78 is 8.68. The third kappa shape index (κ3) is 2.82. The third-order valence-electron chi connectivity index (χ3n) is 8.93. The smallest absolute Gasteiger partial charge is 0.136 e. The van der Waals surface area contributed by atoms with Gasteiger partial charge in [-0.15, -0.1) is 0 Å². The average molecular weight is 491 g/mol. The van der Waals surface area contributed by atoms with Crippen LogP contribution in [0.4, 0.5) is 0 Å². The molecule has 3 nitrogen and oxygen atoms in total. The van der Waals surface area contributed by atoms with Crippen molar-refractivity contribution >= 4 is 60.0 Å². The number of hydrogen-bond donors (Lipinski definition) is 0. The van der Waals surface area contributed by atoms with E-state index in [1.807, 2.05) is 12.3 Å². The first-order valence-corrected chi connectivity index (χ1v) is 13.8. The highest BCUT2D eigenvalue weighted by molar-refractivity contribution is 6.25. The van der Waals surface area contributed by atoms with Gasteiger partial charge in [0.2, 0.25) is 0 Å². The minimum Gasteiger partial charge on any atom is -0.456 e. The maximum absolute atomic E-state index is 6.24. The quantitative estimate of drug-likeness (QED) is 0.247. The second kappa shape index (κ2) is 7.58. The Morgan fingerprint density at radius 3 is 2.39 bits per heavy atom. The molecule has 4 aromatic heterocycles. The maximum Gasteiger partial charge on any atom is 0.136 e. The molecule has 1 saturated carbocycles. The normalized spacial score (nSPS) is 14.9. The molecule has 0 radical (unpaired) electrons. The molecule has 3 heteroatoms. The van der Waals surface area contributed by atoms with Gasteiger partial charge in [-0.3, -0.25) is 4.98 Å². The second-order valence-electron chi connectivity index (χ2n) is 11.1. The fourth-order valence-electron chi connectivity index (χ4n) is 7.16. The van der Waals surface area contributed by atoms with Crippen LogP contribution in [-0.4, -0.2) is 9.38 Å². The Kier molecular flexibility index (Phi) is 4.12. The molecule has 8 aromatic rings. The predicted octanol–water partition coefficient (Wildman–Crippen LogP) is 9.53. The number of hydrogen-bond acceptors (Lipinski definition) is 2. The number of rotatable bonds is 3. The summed E-state index contributed by atoms with van der Waals surface area (Å²) in [7, 11) is 0. The molecular formula is C35H26N2O. The van der Waals surface area contributed by atoms with Gasteiger partial charge >= 0.3 is 0 Å². The maximum atomic E-state index is 6.24. The van der Waals surface area contributed by atoms with E-state index < -0.39 is 0 Å². The Morgan fingerprint density at radius 2 is 1.50 bits per heavy atom. The summed E-state index contributed by atoms with van der Waals surface area (Å²) >= 11 is 0. The van der Waals surface area contributed by atoms with E-state index >= 15 is 0 Å². The van der Waals surface area contributed by atoms with Gasteiger partial charge in [0.25, 0.3) is 0 Å². The van der Waals surface area contributed by atoms with E-state index in [2.05, 4.69) is 83.3 Å². The number of pyridine rings is 1. The van der Waals surface area contributed by atoms with E-state index in [1.165, 1.54) is 92.1 Å². The van der Waals surface area contributed by atoms with Crippen LogP contribution in [0.2, 0.25) is 0 Å². The van der Waals surface area contributed by atoms with Gasteiger partial charge in [0.15, 0.2) is 0 Å². The molecular weight excluding hydrogens is 464 g/mol. The fraction of sp³-hybridized carbons (Fsp3) is 0.171. The molecule has 38 heavy (non-hydrogen) atoms. The number of para-hydroxylation sites is 2. The van der Waals surface area contributed by atoms with E-state index in [0.29, 0.717) is 0 Å². The highest BCUT2D eigenvalue weighted by Gasteiger charge is 2.20. The Morgan fingerprint density at radius 1 is 0.684 bits per heavy atom. The zero-order valence-electron chi connectivity index (χ0n) is 21.1. The first-order valence-electron chi connectivity index (χ1n) is 13.8. The average Bonchev–Trinajstić information content (AvgIpc) is 3.73. The lowest BCUT2D eigenvalue weighted by molar-refractivity contribution is 0.546. The number of nitrogens with zero attached hydrogens (tertiary/aromatic N) is 2. The van der Waals surface area contributed by atoms with Gasteiger partial charge in [-0.1, -0.05) is 68.1 Å². The van der Waals surface area contributed by atoms with E-state index in [0.717, 1.165) is 22.8 Å².